The molecule has 0 atom stereocenters. The monoisotopic (exact) mass is 540 g/mol. The van der Waals surface area contributed by atoms with E-state index in [0.29, 0.717) is 45.2 Å². The molecule has 0 spiro atoms. The van der Waals surface area contributed by atoms with Crippen molar-refractivity contribution in [2.24, 2.45) is 10.9 Å². The normalized spacial score (nSPS) is 15.4. The van der Waals surface area contributed by atoms with E-state index in [-0.39, 0.29) is 35.8 Å². The van der Waals surface area contributed by atoms with Crippen molar-refractivity contribution in [3.05, 3.63) is 42.4 Å². The number of furan rings is 1. The van der Waals surface area contributed by atoms with Crippen LogP contribution in [0.2, 0.25) is 0 Å². The Balaban J connectivity index is 0.00000272. The number of nitrogens with one attached hydrogen (secondary N) is 3. The van der Waals surface area contributed by atoms with Gasteiger partial charge < -0.3 is 29.8 Å². The zero-order chi connectivity index (χ0) is 20.6. The second-order valence-electron chi connectivity index (χ2n) is 7.39. The van der Waals surface area contributed by atoms with Crippen LogP contribution >= 0.6 is 24.0 Å². The minimum atomic E-state index is 0. The summed E-state index contributed by atoms with van der Waals surface area (Å²) in [5, 5.41) is 9.54. The molecule has 31 heavy (non-hydrogen) atoms. The number of rotatable bonds is 8. The standard InChI is InChI=1S/C22H28N4O4.HI/c27-21(16-4-5-16)23-10-11-25-22(24-9-8-18-3-1-12-28-18)26-17-6-7-19-20(15-17)30-14-2-13-29-19;/h1,3,6-7,12,15-16H,2,4-5,8-11,13-14H2,(H,23,27)(H2,24,25,26);1H. The largest absolute Gasteiger partial charge is 0.490 e. The van der Waals surface area contributed by atoms with Crippen LogP contribution in [0.15, 0.2) is 46.0 Å². The highest BCUT2D eigenvalue weighted by Gasteiger charge is 2.28. The lowest BCUT2D eigenvalue weighted by Gasteiger charge is -2.15. The number of anilines is 1. The number of ether oxygens (including phenoxy) is 2. The molecule has 1 saturated carbocycles. The van der Waals surface area contributed by atoms with Crippen LogP contribution in [0.4, 0.5) is 5.69 Å². The minimum Gasteiger partial charge on any atom is -0.490 e. The van der Waals surface area contributed by atoms with Gasteiger partial charge in [0.15, 0.2) is 17.5 Å². The second-order valence-corrected chi connectivity index (χ2v) is 7.39. The Morgan fingerprint density at radius 3 is 2.65 bits per heavy atom. The molecule has 0 bridgehead atoms. The highest BCUT2D eigenvalue weighted by Crippen LogP contribution is 2.32. The highest BCUT2D eigenvalue weighted by molar-refractivity contribution is 14.0. The van der Waals surface area contributed by atoms with E-state index in [1.165, 1.54) is 0 Å². The van der Waals surface area contributed by atoms with Crippen LogP contribution in [-0.2, 0) is 11.2 Å². The number of guanidine groups is 1. The molecule has 1 aliphatic heterocycles. The topological polar surface area (TPSA) is 97.1 Å². The van der Waals surface area contributed by atoms with E-state index in [9.17, 15) is 4.79 Å². The molecule has 1 amide bonds. The van der Waals surface area contributed by atoms with Gasteiger partial charge in [0.1, 0.15) is 5.76 Å². The number of hydrogen-bond acceptors (Lipinski definition) is 5. The number of hydrogen-bond donors (Lipinski definition) is 3. The second kappa shape index (κ2) is 11.8. The fourth-order valence-corrected chi connectivity index (χ4v) is 3.11. The molecular formula is C22H29IN4O4. The molecule has 0 saturated heterocycles. The smallest absolute Gasteiger partial charge is 0.223 e. The third-order valence-electron chi connectivity index (χ3n) is 4.88. The van der Waals surface area contributed by atoms with Crippen LogP contribution in [0.5, 0.6) is 11.5 Å². The molecule has 2 aromatic rings. The number of aliphatic imine (C=N–C) groups is 1. The van der Waals surface area contributed by atoms with Crippen LogP contribution in [0.3, 0.4) is 0 Å². The predicted octanol–water partition coefficient (Wildman–Crippen LogP) is 3.19. The van der Waals surface area contributed by atoms with E-state index < -0.39 is 0 Å². The van der Waals surface area contributed by atoms with Crippen LogP contribution < -0.4 is 25.4 Å². The number of halogens is 1. The Hall–Kier alpha value is -2.43. The van der Waals surface area contributed by atoms with Crippen LogP contribution in [-0.4, -0.2) is 44.7 Å². The average molecular weight is 540 g/mol. The molecule has 2 aliphatic rings. The first-order chi connectivity index (χ1) is 14.8. The molecule has 1 aromatic heterocycles. The van der Waals surface area contributed by atoms with Crippen molar-refractivity contribution in [1.29, 1.82) is 0 Å². The Morgan fingerprint density at radius 1 is 1.06 bits per heavy atom. The minimum absolute atomic E-state index is 0. The number of benzene rings is 1. The van der Waals surface area contributed by atoms with Crippen molar-refractivity contribution in [3.63, 3.8) is 0 Å². The first-order valence-corrected chi connectivity index (χ1v) is 10.5. The van der Waals surface area contributed by atoms with Crippen molar-refractivity contribution in [3.8, 4) is 11.5 Å². The molecule has 8 nitrogen and oxygen atoms in total. The number of carbonyl (C=O) groups is 1. The first-order valence-electron chi connectivity index (χ1n) is 10.5. The van der Waals surface area contributed by atoms with Gasteiger partial charge in [-0.2, -0.15) is 0 Å². The fourth-order valence-electron chi connectivity index (χ4n) is 3.11. The average Bonchev–Trinajstić information content (AvgIpc) is 3.52. The number of nitrogens with zero attached hydrogens (tertiary/aromatic N) is 1. The van der Waals surface area contributed by atoms with E-state index >= 15 is 0 Å². The van der Waals surface area contributed by atoms with Gasteiger partial charge in [0, 0.05) is 50.1 Å². The van der Waals surface area contributed by atoms with Gasteiger partial charge >= 0.3 is 0 Å². The zero-order valence-electron chi connectivity index (χ0n) is 17.4. The van der Waals surface area contributed by atoms with Crippen LogP contribution in [0, 0.1) is 5.92 Å². The van der Waals surface area contributed by atoms with Gasteiger partial charge in [0.2, 0.25) is 5.91 Å². The van der Waals surface area contributed by atoms with Crippen LogP contribution in [0.25, 0.3) is 0 Å². The summed E-state index contributed by atoms with van der Waals surface area (Å²) in [6.45, 7) is 3.00. The van der Waals surface area contributed by atoms with Gasteiger partial charge in [-0.15, -0.1) is 24.0 Å². The van der Waals surface area contributed by atoms with Crippen molar-refractivity contribution < 1.29 is 18.7 Å². The summed E-state index contributed by atoms with van der Waals surface area (Å²) in [6, 6.07) is 9.56. The molecule has 1 fully saturated rings. The maximum absolute atomic E-state index is 11.8. The Labute approximate surface area is 199 Å². The molecule has 0 radical (unpaired) electrons. The van der Waals surface area contributed by atoms with Crippen molar-refractivity contribution in [2.45, 2.75) is 25.7 Å². The van der Waals surface area contributed by atoms with Gasteiger partial charge in [0.05, 0.1) is 19.5 Å². The molecule has 0 unspecified atom stereocenters. The number of amides is 1. The summed E-state index contributed by atoms with van der Waals surface area (Å²) in [5.41, 5.74) is 0.852. The molecule has 4 rings (SSSR count). The molecule has 168 valence electrons. The molecule has 3 N–H and O–H groups in total. The maximum atomic E-state index is 11.8. The lowest BCUT2D eigenvalue weighted by Crippen LogP contribution is -2.38. The van der Waals surface area contributed by atoms with E-state index in [2.05, 4.69) is 20.9 Å². The third-order valence-corrected chi connectivity index (χ3v) is 4.88. The number of fused-ring (bicyclic) bond motifs is 1. The van der Waals surface area contributed by atoms with Gasteiger partial charge in [-0.25, -0.2) is 0 Å². The quantitative estimate of drug-likeness (QED) is 0.206. The molecule has 2 heterocycles. The highest BCUT2D eigenvalue weighted by atomic mass is 127. The van der Waals surface area contributed by atoms with Gasteiger partial charge in [-0.1, -0.05) is 0 Å². The summed E-state index contributed by atoms with van der Waals surface area (Å²) >= 11 is 0. The van der Waals surface area contributed by atoms with Crippen molar-refractivity contribution >= 4 is 41.5 Å². The lowest BCUT2D eigenvalue weighted by atomic mass is 10.2. The summed E-state index contributed by atoms with van der Waals surface area (Å²) in [4.78, 5) is 16.4. The summed E-state index contributed by atoms with van der Waals surface area (Å²) < 4.78 is 16.8. The van der Waals surface area contributed by atoms with E-state index in [1.807, 2.05) is 30.3 Å². The molecule has 1 aromatic carbocycles. The van der Waals surface area contributed by atoms with Gasteiger partial charge in [-0.3, -0.25) is 9.79 Å². The van der Waals surface area contributed by atoms with Crippen LogP contribution in [0.1, 0.15) is 25.0 Å². The lowest BCUT2D eigenvalue weighted by molar-refractivity contribution is -0.122. The van der Waals surface area contributed by atoms with E-state index in [1.54, 1.807) is 6.26 Å². The fraction of sp³-hybridized carbons (Fsp3) is 0.455. The SMILES string of the molecule is I.O=C(NCCNC(=NCCc1ccco1)Nc1ccc2c(c1)OCCCO2)C1CC1. The molecule has 9 heteroatoms. The summed E-state index contributed by atoms with van der Waals surface area (Å²) in [5.74, 6) is 3.37. The Kier molecular flexibility index (Phi) is 8.86. The van der Waals surface area contributed by atoms with Gasteiger partial charge in [0.25, 0.3) is 0 Å². The zero-order valence-corrected chi connectivity index (χ0v) is 19.7. The van der Waals surface area contributed by atoms with E-state index in [4.69, 9.17) is 13.9 Å². The number of carbonyl (C=O) groups excluding carboxylic acids is 1. The molecular weight excluding hydrogens is 511 g/mol. The van der Waals surface area contributed by atoms with Gasteiger partial charge in [-0.05, 0) is 37.1 Å². The Bertz CT molecular complexity index is 868. The van der Waals surface area contributed by atoms with E-state index in [0.717, 1.165) is 42.2 Å². The predicted molar refractivity (Wildman–Crippen MR) is 130 cm³/mol. The molecule has 1 aliphatic carbocycles. The Morgan fingerprint density at radius 2 is 1.87 bits per heavy atom. The van der Waals surface area contributed by atoms with Crippen molar-refractivity contribution in [1.82, 2.24) is 10.6 Å². The third kappa shape index (κ3) is 7.34. The van der Waals surface area contributed by atoms with Crippen molar-refractivity contribution in [2.75, 3.05) is 38.2 Å². The summed E-state index contributed by atoms with van der Waals surface area (Å²) in [6.07, 6.45) is 5.25. The first kappa shape index (κ1) is 23.2. The summed E-state index contributed by atoms with van der Waals surface area (Å²) in [7, 11) is 0. The maximum Gasteiger partial charge on any atom is 0.223 e.